The van der Waals surface area contributed by atoms with E-state index in [1.807, 2.05) is 18.2 Å². The van der Waals surface area contributed by atoms with E-state index in [1.54, 1.807) is 41.2 Å². The third kappa shape index (κ3) is 5.90. The standard InChI is InChI=1S/C30H35N3O7/c1-6-31(7-2)21-9-8-20-16-24(30(36)40-25(20)17-21)29(35)33-14-12-32(13-15-33)28(34)11-10-23-26(38-4)18-22(37-3)19-27(23)39-5/h8-11,16-19H,6-7,12-15H2,1-5H3/b11-10+. The summed E-state index contributed by atoms with van der Waals surface area (Å²) in [6.45, 7) is 7.04. The molecular weight excluding hydrogens is 514 g/mol. The molecule has 0 radical (unpaired) electrons. The Morgan fingerprint density at radius 1 is 0.900 bits per heavy atom. The zero-order chi connectivity index (χ0) is 28.8. The maximum Gasteiger partial charge on any atom is 0.349 e. The smallest absolute Gasteiger partial charge is 0.349 e. The Hall–Kier alpha value is -4.47. The highest BCUT2D eigenvalue weighted by Gasteiger charge is 2.26. The molecule has 0 aliphatic carbocycles. The molecule has 3 aromatic rings. The summed E-state index contributed by atoms with van der Waals surface area (Å²) in [6.07, 6.45) is 3.09. The lowest BCUT2D eigenvalue weighted by Crippen LogP contribution is -2.50. The number of amides is 2. The Bertz CT molecular complexity index is 1440. The van der Waals surface area contributed by atoms with Gasteiger partial charge in [0.2, 0.25) is 5.91 Å². The van der Waals surface area contributed by atoms with Gasteiger partial charge < -0.3 is 33.3 Å². The van der Waals surface area contributed by atoms with Crippen molar-refractivity contribution in [3.05, 3.63) is 64.0 Å². The summed E-state index contributed by atoms with van der Waals surface area (Å²) in [5.74, 6) is 0.978. The average molecular weight is 550 g/mol. The first-order valence-corrected chi connectivity index (χ1v) is 13.2. The van der Waals surface area contributed by atoms with Gasteiger partial charge in [0.05, 0.1) is 26.9 Å². The van der Waals surface area contributed by atoms with E-state index < -0.39 is 11.5 Å². The van der Waals surface area contributed by atoms with Crippen LogP contribution < -0.4 is 24.7 Å². The highest BCUT2D eigenvalue weighted by Crippen LogP contribution is 2.35. The number of rotatable bonds is 9. The quantitative estimate of drug-likeness (QED) is 0.294. The van der Waals surface area contributed by atoms with Gasteiger partial charge in [-0.05, 0) is 38.1 Å². The molecule has 1 aliphatic rings. The molecule has 10 nitrogen and oxygen atoms in total. The number of hydrogen-bond acceptors (Lipinski definition) is 8. The van der Waals surface area contributed by atoms with Crippen LogP contribution in [0.15, 0.2) is 51.7 Å². The molecule has 212 valence electrons. The minimum Gasteiger partial charge on any atom is -0.496 e. The first kappa shape index (κ1) is 28.5. The average Bonchev–Trinajstić information content (AvgIpc) is 2.99. The molecule has 2 aromatic carbocycles. The van der Waals surface area contributed by atoms with Gasteiger partial charge in [-0.1, -0.05) is 0 Å². The van der Waals surface area contributed by atoms with Crippen LogP contribution in [0.25, 0.3) is 17.0 Å². The second kappa shape index (κ2) is 12.6. The number of hydrogen-bond donors (Lipinski definition) is 0. The van der Waals surface area contributed by atoms with Crippen molar-refractivity contribution in [2.45, 2.75) is 13.8 Å². The molecule has 0 bridgehead atoms. The predicted molar refractivity (Wildman–Crippen MR) is 154 cm³/mol. The maximum absolute atomic E-state index is 13.2. The van der Waals surface area contributed by atoms with Crippen LogP contribution in [-0.4, -0.2) is 82.2 Å². The van der Waals surface area contributed by atoms with E-state index >= 15 is 0 Å². The third-order valence-corrected chi connectivity index (χ3v) is 7.10. The van der Waals surface area contributed by atoms with Gasteiger partial charge >= 0.3 is 5.63 Å². The minimum absolute atomic E-state index is 0.0125. The zero-order valence-electron chi connectivity index (χ0n) is 23.6. The van der Waals surface area contributed by atoms with Crippen molar-refractivity contribution < 1.29 is 28.2 Å². The first-order chi connectivity index (χ1) is 19.3. The molecule has 2 heterocycles. The molecule has 0 N–H and O–H groups in total. The zero-order valence-corrected chi connectivity index (χ0v) is 23.6. The molecule has 1 aliphatic heterocycles. The topological polar surface area (TPSA) is 102 Å². The molecule has 0 spiro atoms. The van der Waals surface area contributed by atoms with E-state index in [0.717, 1.165) is 18.8 Å². The Morgan fingerprint density at radius 2 is 1.52 bits per heavy atom. The fourth-order valence-electron chi connectivity index (χ4n) is 4.79. The summed E-state index contributed by atoms with van der Waals surface area (Å²) >= 11 is 0. The van der Waals surface area contributed by atoms with Gasteiger partial charge in [0, 0.05) is 74.6 Å². The molecule has 1 saturated heterocycles. The van der Waals surface area contributed by atoms with Crippen LogP contribution >= 0.6 is 0 Å². The first-order valence-electron chi connectivity index (χ1n) is 13.2. The molecule has 10 heteroatoms. The van der Waals surface area contributed by atoms with E-state index in [1.165, 1.54) is 20.3 Å². The lowest BCUT2D eigenvalue weighted by molar-refractivity contribution is -0.127. The minimum atomic E-state index is -0.668. The molecule has 2 amide bonds. The molecular formula is C30H35N3O7. The van der Waals surface area contributed by atoms with Crippen molar-refractivity contribution in [1.29, 1.82) is 0 Å². The van der Waals surface area contributed by atoms with Crippen LogP contribution in [0.1, 0.15) is 29.8 Å². The summed E-state index contributed by atoms with van der Waals surface area (Å²) in [5, 5.41) is 0.683. The van der Waals surface area contributed by atoms with Crippen LogP contribution in [0.3, 0.4) is 0 Å². The number of nitrogens with zero attached hydrogens (tertiary/aromatic N) is 3. The predicted octanol–water partition coefficient (Wildman–Crippen LogP) is 3.66. The molecule has 0 atom stereocenters. The van der Waals surface area contributed by atoms with E-state index in [9.17, 15) is 14.4 Å². The number of piperazine rings is 1. The highest BCUT2D eigenvalue weighted by molar-refractivity contribution is 5.97. The number of carbonyl (C=O) groups is 2. The van der Waals surface area contributed by atoms with E-state index in [2.05, 4.69) is 18.7 Å². The highest BCUT2D eigenvalue weighted by atomic mass is 16.5. The van der Waals surface area contributed by atoms with E-state index in [0.29, 0.717) is 60.0 Å². The summed E-state index contributed by atoms with van der Waals surface area (Å²) in [4.78, 5) is 44.3. The van der Waals surface area contributed by atoms with Crippen LogP contribution in [0.2, 0.25) is 0 Å². The Morgan fingerprint density at radius 3 is 2.10 bits per heavy atom. The van der Waals surface area contributed by atoms with Crippen molar-refractivity contribution in [2.75, 3.05) is 65.5 Å². The molecule has 0 saturated carbocycles. The number of ether oxygens (including phenoxy) is 3. The van der Waals surface area contributed by atoms with Crippen LogP contribution in [0.4, 0.5) is 5.69 Å². The van der Waals surface area contributed by atoms with Crippen molar-refractivity contribution in [1.82, 2.24) is 9.80 Å². The maximum atomic E-state index is 13.2. The van der Waals surface area contributed by atoms with Gasteiger partial charge in [-0.3, -0.25) is 9.59 Å². The lowest BCUT2D eigenvalue weighted by atomic mass is 10.1. The number of methoxy groups -OCH3 is 3. The van der Waals surface area contributed by atoms with Gasteiger partial charge in [0.1, 0.15) is 28.4 Å². The summed E-state index contributed by atoms with van der Waals surface area (Å²) in [6, 6.07) is 10.7. The van der Waals surface area contributed by atoms with Crippen LogP contribution in [0.5, 0.6) is 17.2 Å². The second-order valence-corrected chi connectivity index (χ2v) is 9.24. The van der Waals surface area contributed by atoms with Gasteiger partial charge in [-0.25, -0.2) is 4.79 Å². The monoisotopic (exact) mass is 549 g/mol. The Labute approximate surface area is 233 Å². The van der Waals surface area contributed by atoms with Crippen molar-refractivity contribution in [3.63, 3.8) is 0 Å². The van der Waals surface area contributed by atoms with E-state index in [4.69, 9.17) is 18.6 Å². The molecule has 0 unspecified atom stereocenters. The SMILES string of the molecule is CCN(CC)c1ccc2cc(C(=O)N3CCN(C(=O)/C=C/c4c(OC)cc(OC)cc4OC)CC3)c(=O)oc2c1. The van der Waals surface area contributed by atoms with Crippen LogP contribution in [-0.2, 0) is 4.79 Å². The summed E-state index contributed by atoms with van der Waals surface area (Å²) in [5.41, 5.74) is 1.33. The molecule has 1 fully saturated rings. The van der Waals surface area contributed by atoms with Gasteiger partial charge in [0.15, 0.2) is 0 Å². The van der Waals surface area contributed by atoms with Crippen molar-refractivity contribution in [3.8, 4) is 17.2 Å². The summed E-state index contributed by atoms with van der Waals surface area (Å²) < 4.78 is 21.7. The van der Waals surface area contributed by atoms with Gasteiger partial charge in [-0.15, -0.1) is 0 Å². The third-order valence-electron chi connectivity index (χ3n) is 7.10. The van der Waals surface area contributed by atoms with E-state index in [-0.39, 0.29) is 11.5 Å². The number of anilines is 1. The normalized spacial score (nSPS) is 13.5. The molecule has 4 rings (SSSR count). The van der Waals surface area contributed by atoms with Gasteiger partial charge in [0.25, 0.3) is 5.91 Å². The van der Waals surface area contributed by atoms with Crippen molar-refractivity contribution in [2.24, 2.45) is 0 Å². The van der Waals surface area contributed by atoms with Crippen LogP contribution in [0, 0.1) is 0 Å². The second-order valence-electron chi connectivity index (χ2n) is 9.24. The largest absolute Gasteiger partial charge is 0.496 e. The Balaban J connectivity index is 1.44. The number of carbonyl (C=O) groups excluding carboxylic acids is 2. The number of fused-ring (bicyclic) bond motifs is 1. The summed E-state index contributed by atoms with van der Waals surface area (Å²) in [7, 11) is 4.61. The fourth-order valence-corrected chi connectivity index (χ4v) is 4.79. The fraction of sp³-hybridized carbons (Fsp3) is 0.367. The van der Waals surface area contributed by atoms with Crippen molar-refractivity contribution >= 4 is 34.5 Å². The number of benzene rings is 2. The molecule has 40 heavy (non-hydrogen) atoms. The Kier molecular flexibility index (Phi) is 8.98. The van der Waals surface area contributed by atoms with Gasteiger partial charge in [-0.2, -0.15) is 0 Å². The lowest BCUT2D eigenvalue weighted by Gasteiger charge is -2.34. The molecule has 1 aromatic heterocycles.